The minimum Gasteiger partial charge on any atom is -0.423 e. The summed E-state index contributed by atoms with van der Waals surface area (Å²) in [5.74, 6) is 0.0142. The fourth-order valence-electron chi connectivity index (χ4n) is 1.08. The molecule has 0 radical (unpaired) electrons. The van der Waals surface area contributed by atoms with Gasteiger partial charge in [0.2, 0.25) is 0 Å². The molecule has 0 amide bonds. The molecule has 76 valence electrons. The number of carbonyl (C=O) groups excluding carboxylic acids is 1. The molecule has 1 rings (SSSR count). The predicted molar refractivity (Wildman–Crippen MR) is 56.2 cm³/mol. The van der Waals surface area contributed by atoms with Crippen molar-refractivity contribution >= 4 is 5.97 Å². The Labute approximate surface area is 88.6 Å². The molecule has 0 fully saturated rings. The molecular formula is C12H11NO2. The van der Waals surface area contributed by atoms with E-state index in [1.807, 2.05) is 12.1 Å². The summed E-state index contributed by atoms with van der Waals surface area (Å²) in [7, 11) is 0. The Hall–Kier alpha value is -2.08. The van der Waals surface area contributed by atoms with Crippen molar-refractivity contribution < 1.29 is 9.53 Å². The zero-order valence-corrected chi connectivity index (χ0v) is 8.27. The van der Waals surface area contributed by atoms with Gasteiger partial charge >= 0.3 is 5.97 Å². The minimum atomic E-state index is -0.472. The van der Waals surface area contributed by atoms with Gasteiger partial charge in [0.15, 0.2) is 0 Å². The number of nitriles is 1. The fraction of sp³-hybridized carbons (Fsp3) is 0.167. The summed E-state index contributed by atoms with van der Waals surface area (Å²) in [5, 5.41) is 8.40. The number of aryl methyl sites for hydroxylation is 1. The number of esters is 1. The lowest BCUT2D eigenvalue weighted by atomic mass is 10.1. The monoisotopic (exact) mass is 201 g/mol. The first-order valence-electron chi connectivity index (χ1n) is 4.56. The Kier molecular flexibility index (Phi) is 4.11. The molecule has 0 heterocycles. The van der Waals surface area contributed by atoms with E-state index in [0.717, 1.165) is 11.6 Å². The van der Waals surface area contributed by atoms with Gasteiger partial charge in [-0.1, -0.05) is 18.7 Å². The smallest absolute Gasteiger partial charge is 0.335 e. The number of nitrogens with zero attached hydrogens (tertiary/aromatic N) is 1. The van der Waals surface area contributed by atoms with E-state index in [2.05, 4.69) is 12.6 Å². The quantitative estimate of drug-likeness (QED) is 0.426. The summed E-state index contributed by atoms with van der Waals surface area (Å²) in [5.41, 5.74) is 1.05. The van der Waals surface area contributed by atoms with Crippen LogP contribution in [-0.4, -0.2) is 5.97 Å². The first kappa shape index (κ1) is 11.0. The zero-order valence-electron chi connectivity index (χ0n) is 8.27. The van der Waals surface area contributed by atoms with Gasteiger partial charge in [0.1, 0.15) is 5.75 Å². The Morgan fingerprint density at radius 2 is 2.13 bits per heavy atom. The maximum Gasteiger partial charge on any atom is 0.335 e. The molecule has 0 spiro atoms. The highest BCUT2D eigenvalue weighted by Crippen LogP contribution is 2.13. The van der Waals surface area contributed by atoms with E-state index in [4.69, 9.17) is 10.00 Å². The van der Waals surface area contributed by atoms with Crippen molar-refractivity contribution in [1.82, 2.24) is 0 Å². The van der Waals surface area contributed by atoms with Crippen molar-refractivity contribution in [3.05, 3.63) is 42.5 Å². The van der Waals surface area contributed by atoms with Crippen molar-refractivity contribution in [2.24, 2.45) is 0 Å². The molecule has 0 saturated carbocycles. The molecule has 0 bridgehead atoms. The van der Waals surface area contributed by atoms with Gasteiger partial charge in [-0.25, -0.2) is 4.79 Å². The van der Waals surface area contributed by atoms with Gasteiger partial charge in [0.05, 0.1) is 6.07 Å². The topological polar surface area (TPSA) is 50.1 Å². The molecule has 0 unspecified atom stereocenters. The predicted octanol–water partition coefficient (Wildman–Crippen LogP) is 2.23. The number of hydrogen-bond acceptors (Lipinski definition) is 3. The summed E-state index contributed by atoms with van der Waals surface area (Å²) in [6.07, 6.45) is 2.32. The number of benzene rings is 1. The Balaban J connectivity index is 2.60. The highest BCUT2D eigenvalue weighted by molar-refractivity contribution is 5.83. The molecule has 3 heteroatoms. The summed E-state index contributed by atoms with van der Waals surface area (Å²) in [6.45, 7) is 3.30. The second kappa shape index (κ2) is 5.61. The van der Waals surface area contributed by atoms with E-state index in [1.54, 1.807) is 12.1 Å². The normalized spacial score (nSPS) is 9.00. The Morgan fingerprint density at radius 3 is 2.67 bits per heavy atom. The van der Waals surface area contributed by atoms with E-state index in [0.29, 0.717) is 18.6 Å². The second-order valence-corrected chi connectivity index (χ2v) is 2.93. The molecule has 0 atom stereocenters. The van der Waals surface area contributed by atoms with Crippen molar-refractivity contribution in [3.8, 4) is 11.8 Å². The van der Waals surface area contributed by atoms with Gasteiger partial charge < -0.3 is 4.74 Å². The fourth-order valence-corrected chi connectivity index (χ4v) is 1.08. The Morgan fingerprint density at radius 1 is 1.47 bits per heavy atom. The molecule has 15 heavy (non-hydrogen) atoms. The van der Waals surface area contributed by atoms with Crippen LogP contribution in [0.3, 0.4) is 0 Å². The van der Waals surface area contributed by atoms with E-state index in [1.165, 1.54) is 0 Å². The van der Waals surface area contributed by atoms with E-state index in [9.17, 15) is 4.79 Å². The van der Waals surface area contributed by atoms with Gasteiger partial charge in [-0.15, -0.1) is 0 Å². The van der Waals surface area contributed by atoms with Crippen LogP contribution in [0.1, 0.15) is 12.0 Å². The van der Waals surface area contributed by atoms with Crippen LogP contribution in [0.15, 0.2) is 36.9 Å². The average molecular weight is 201 g/mol. The van der Waals surface area contributed by atoms with Crippen LogP contribution < -0.4 is 4.74 Å². The van der Waals surface area contributed by atoms with Crippen LogP contribution in [0.5, 0.6) is 5.75 Å². The van der Waals surface area contributed by atoms with E-state index < -0.39 is 5.97 Å². The summed E-state index contributed by atoms with van der Waals surface area (Å²) >= 11 is 0. The Bertz CT molecular complexity index is 387. The number of carbonyl (C=O) groups is 1. The van der Waals surface area contributed by atoms with Gasteiger partial charge in [-0.3, -0.25) is 0 Å². The third-order valence-electron chi connectivity index (χ3n) is 1.83. The molecule has 0 aliphatic heterocycles. The summed E-state index contributed by atoms with van der Waals surface area (Å²) in [6, 6.07) is 9.15. The van der Waals surface area contributed by atoms with E-state index in [-0.39, 0.29) is 0 Å². The first-order valence-corrected chi connectivity index (χ1v) is 4.56. The third kappa shape index (κ3) is 3.65. The van der Waals surface area contributed by atoms with Crippen LogP contribution >= 0.6 is 0 Å². The average Bonchev–Trinajstić information content (AvgIpc) is 2.28. The first-order chi connectivity index (χ1) is 7.26. The number of rotatable bonds is 4. The SMILES string of the molecule is C=CC(=O)Oc1ccc(CCC#N)cc1. The molecule has 1 aromatic carbocycles. The van der Waals surface area contributed by atoms with Crippen molar-refractivity contribution in [2.75, 3.05) is 0 Å². The van der Waals surface area contributed by atoms with Gasteiger partial charge in [0.25, 0.3) is 0 Å². The van der Waals surface area contributed by atoms with Crippen LogP contribution in [-0.2, 0) is 11.2 Å². The lowest BCUT2D eigenvalue weighted by Crippen LogP contribution is -2.02. The molecule has 0 aliphatic rings. The minimum absolute atomic E-state index is 0.472. The standard InChI is InChI=1S/C12H11NO2/c1-2-12(14)15-11-7-5-10(6-8-11)4-3-9-13/h2,5-8H,1,3-4H2. The van der Waals surface area contributed by atoms with Crippen LogP contribution in [0.25, 0.3) is 0 Å². The van der Waals surface area contributed by atoms with Crippen molar-refractivity contribution in [1.29, 1.82) is 5.26 Å². The van der Waals surface area contributed by atoms with Crippen LogP contribution in [0.4, 0.5) is 0 Å². The summed E-state index contributed by atoms with van der Waals surface area (Å²) in [4.78, 5) is 10.9. The van der Waals surface area contributed by atoms with Crippen molar-refractivity contribution in [2.45, 2.75) is 12.8 Å². The third-order valence-corrected chi connectivity index (χ3v) is 1.83. The van der Waals surface area contributed by atoms with Crippen LogP contribution in [0.2, 0.25) is 0 Å². The lowest BCUT2D eigenvalue weighted by Gasteiger charge is -2.02. The van der Waals surface area contributed by atoms with Gasteiger partial charge in [-0.05, 0) is 24.1 Å². The number of ether oxygens (including phenoxy) is 1. The molecule has 0 aliphatic carbocycles. The van der Waals surface area contributed by atoms with Gasteiger partial charge in [-0.2, -0.15) is 5.26 Å². The lowest BCUT2D eigenvalue weighted by molar-refractivity contribution is -0.128. The highest BCUT2D eigenvalue weighted by Gasteiger charge is 1.99. The largest absolute Gasteiger partial charge is 0.423 e. The number of hydrogen-bond donors (Lipinski definition) is 0. The second-order valence-electron chi connectivity index (χ2n) is 2.93. The molecule has 0 aromatic heterocycles. The zero-order chi connectivity index (χ0) is 11.1. The molecule has 1 aromatic rings. The highest BCUT2D eigenvalue weighted by atomic mass is 16.5. The molecule has 3 nitrogen and oxygen atoms in total. The molecular weight excluding hydrogens is 190 g/mol. The molecule has 0 N–H and O–H groups in total. The van der Waals surface area contributed by atoms with Crippen LogP contribution in [0, 0.1) is 11.3 Å². The molecule has 0 saturated heterocycles. The maximum absolute atomic E-state index is 10.9. The van der Waals surface area contributed by atoms with E-state index >= 15 is 0 Å². The maximum atomic E-state index is 10.9. The van der Waals surface area contributed by atoms with Crippen molar-refractivity contribution in [3.63, 3.8) is 0 Å². The summed E-state index contributed by atoms with van der Waals surface area (Å²) < 4.78 is 4.90. The van der Waals surface area contributed by atoms with Gasteiger partial charge in [0, 0.05) is 12.5 Å².